The number of pyridine rings is 1. The summed E-state index contributed by atoms with van der Waals surface area (Å²) in [6, 6.07) is 5.55. The average molecular weight is 326 g/mol. The number of rotatable bonds is 3. The summed E-state index contributed by atoms with van der Waals surface area (Å²) in [4.78, 5) is 15.6. The molecule has 3 rings (SSSR count). The van der Waals surface area contributed by atoms with E-state index in [1.807, 2.05) is 0 Å². The number of aromatic carboxylic acids is 1. The van der Waals surface area contributed by atoms with Crippen LogP contribution in [0.5, 0.6) is 0 Å². The summed E-state index contributed by atoms with van der Waals surface area (Å²) < 4.78 is 13.6. The first-order valence-corrected chi connectivity index (χ1v) is 7.12. The molecule has 6 heteroatoms. The number of hydrogen-bond acceptors (Lipinski definition) is 2. The van der Waals surface area contributed by atoms with Gasteiger partial charge in [-0.15, -0.1) is 0 Å². The minimum absolute atomic E-state index is 0.0617. The van der Waals surface area contributed by atoms with Gasteiger partial charge in [-0.1, -0.05) is 23.2 Å². The number of halogens is 3. The number of carboxylic acids is 1. The summed E-state index contributed by atoms with van der Waals surface area (Å²) >= 11 is 11.8. The average Bonchev–Trinajstić information content (AvgIpc) is 3.26. The zero-order valence-corrected chi connectivity index (χ0v) is 12.2. The third kappa shape index (κ3) is 2.74. The van der Waals surface area contributed by atoms with Gasteiger partial charge in [-0.2, -0.15) is 0 Å². The van der Waals surface area contributed by atoms with E-state index in [9.17, 15) is 14.3 Å². The molecular formula is C15H10Cl2FNO2. The van der Waals surface area contributed by atoms with Crippen LogP contribution in [0.2, 0.25) is 10.0 Å². The first-order valence-electron chi connectivity index (χ1n) is 6.36. The summed E-state index contributed by atoms with van der Waals surface area (Å²) in [5, 5.41) is 9.41. The van der Waals surface area contributed by atoms with Crippen LogP contribution in [0.1, 0.15) is 34.8 Å². The maximum absolute atomic E-state index is 13.6. The lowest BCUT2D eigenvalue weighted by molar-refractivity contribution is 0.0695. The second-order valence-corrected chi connectivity index (χ2v) is 5.77. The van der Waals surface area contributed by atoms with E-state index in [1.165, 1.54) is 24.3 Å². The van der Waals surface area contributed by atoms with Crippen LogP contribution in [-0.4, -0.2) is 16.1 Å². The molecule has 2 aromatic rings. The van der Waals surface area contributed by atoms with Crippen molar-refractivity contribution in [3.63, 3.8) is 0 Å². The SMILES string of the molecule is O=C(O)c1ccc(-c2cc(F)c(Cl)cc2Cl)nc1C1CC1. The van der Waals surface area contributed by atoms with E-state index in [0.717, 1.165) is 12.8 Å². The van der Waals surface area contributed by atoms with E-state index in [-0.39, 0.29) is 21.5 Å². The van der Waals surface area contributed by atoms with Gasteiger partial charge in [0.25, 0.3) is 0 Å². The molecule has 1 aromatic carbocycles. The van der Waals surface area contributed by atoms with Crippen LogP contribution in [0, 0.1) is 5.82 Å². The Balaban J connectivity index is 2.13. The van der Waals surface area contributed by atoms with E-state index >= 15 is 0 Å². The second-order valence-electron chi connectivity index (χ2n) is 4.95. The van der Waals surface area contributed by atoms with Crippen molar-refractivity contribution in [3.8, 4) is 11.3 Å². The fourth-order valence-electron chi connectivity index (χ4n) is 2.19. The molecule has 0 spiro atoms. The lowest BCUT2D eigenvalue weighted by Gasteiger charge is -2.09. The van der Waals surface area contributed by atoms with Crippen LogP contribution in [0.4, 0.5) is 4.39 Å². The maximum atomic E-state index is 13.6. The van der Waals surface area contributed by atoms with Crippen molar-refractivity contribution in [2.75, 3.05) is 0 Å². The van der Waals surface area contributed by atoms with Gasteiger partial charge < -0.3 is 5.11 Å². The van der Waals surface area contributed by atoms with Crippen molar-refractivity contribution in [2.45, 2.75) is 18.8 Å². The highest BCUT2D eigenvalue weighted by Crippen LogP contribution is 2.42. The predicted octanol–water partition coefficient (Wildman–Crippen LogP) is 4.77. The zero-order chi connectivity index (χ0) is 15.1. The Morgan fingerprint density at radius 2 is 1.95 bits per heavy atom. The van der Waals surface area contributed by atoms with Crippen LogP contribution >= 0.6 is 23.2 Å². The summed E-state index contributed by atoms with van der Waals surface area (Å²) in [6.07, 6.45) is 1.83. The van der Waals surface area contributed by atoms with Gasteiger partial charge in [0.1, 0.15) is 5.82 Å². The number of hydrogen-bond donors (Lipinski definition) is 1. The first-order chi connectivity index (χ1) is 9.97. The van der Waals surface area contributed by atoms with Crippen molar-refractivity contribution in [1.29, 1.82) is 0 Å². The lowest BCUT2D eigenvalue weighted by Crippen LogP contribution is -2.05. The molecule has 0 atom stereocenters. The molecule has 3 nitrogen and oxygen atoms in total. The second kappa shape index (κ2) is 5.28. The Kier molecular flexibility index (Phi) is 3.59. The van der Waals surface area contributed by atoms with E-state index in [4.69, 9.17) is 23.2 Å². The highest BCUT2D eigenvalue weighted by atomic mass is 35.5. The van der Waals surface area contributed by atoms with Crippen LogP contribution in [-0.2, 0) is 0 Å². The van der Waals surface area contributed by atoms with Crippen molar-refractivity contribution in [2.24, 2.45) is 0 Å². The number of nitrogens with zero attached hydrogens (tertiary/aromatic N) is 1. The summed E-state index contributed by atoms with van der Waals surface area (Å²) in [6.45, 7) is 0. The fourth-order valence-corrected chi connectivity index (χ4v) is 2.67. The standard InChI is InChI=1S/C15H10Cl2FNO2/c16-10-6-11(17)12(18)5-9(10)13-4-3-8(15(20)21)14(19-13)7-1-2-7/h3-7H,1-2H2,(H,20,21). The lowest BCUT2D eigenvalue weighted by atomic mass is 10.1. The molecule has 108 valence electrons. The number of carboxylic acid groups (broad SMARTS) is 1. The van der Waals surface area contributed by atoms with Crippen LogP contribution in [0.15, 0.2) is 24.3 Å². The molecule has 0 radical (unpaired) electrons. The van der Waals surface area contributed by atoms with Gasteiger partial charge >= 0.3 is 5.97 Å². The van der Waals surface area contributed by atoms with Crippen LogP contribution in [0.25, 0.3) is 11.3 Å². The molecule has 1 fully saturated rings. The molecular weight excluding hydrogens is 316 g/mol. The van der Waals surface area contributed by atoms with Crippen molar-refractivity contribution >= 4 is 29.2 Å². The van der Waals surface area contributed by atoms with E-state index in [1.54, 1.807) is 0 Å². The molecule has 1 aliphatic carbocycles. The molecule has 1 N–H and O–H groups in total. The van der Waals surface area contributed by atoms with Gasteiger partial charge in [0.05, 0.1) is 27.0 Å². The summed E-state index contributed by atoms with van der Waals surface area (Å²) in [5.41, 5.74) is 1.57. The topological polar surface area (TPSA) is 50.2 Å². The minimum Gasteiger partial charge on any atom is -0.478 e. The van der Waals surface area contributed by atoms with Gasteiger partial charge in [0.15, 0.2) is 0 Å². The summed E-state index contributed by atoms with van der Waals surface area (Å²) in [7, 11) is 0. The molecule has 21 heavy (non-hydrogen) atoms. The molecule has 1 aromatic heterocycles. The Bertz CT molecular complexity index is 745. The first kappa shape index (κ1) is 14.3. The van der Waals surface area contributed by atoms with Gasteiger partial charge in [-0.25, -0.2) is 9.18 Å². The smallest absolute Gasteiger partial charge is 0.337 e. The highest BCUT2D eigenvalue weighted by molar-refractivity contribution is 6.36. The van der Waals surface area contributed by atoms with E-state index < -0.39 is 11.8 Å². The molecule has 0 unspecified atom stereocenters. The Labute approximate surface area is 130 Å². The predicted molar refractivity (Wildman–Crippen MR) is 78.6 cm³/mol. The van der Waals surface area contributed by atoms with Crippen LogP contribution < -0.4 is 0 Å². The Hall–Kier alpha value is -1.65. The Morgan fingerprint density at radius 3 is 2.57 bits per heavy atom. The molecule has 0 saturated heterocycles. The van der Waals surface area contributed by atoms with Crippen molar-refractivity contribution < 1.29 is 14.3 Å². The van der Waals surface area contributed by atoms with E-state index in [2.05, 4.69) is 4.98 Å². The summed E-state index contributed by atoms with van der Waals surface area (Å²) in [5.74, 6) is -1.44. The maximum Gasteiger partial charge on any atom is 0.337 e. The molecule has 0 bridgehead atoms. The number of benzene rings is 1. The minimum atomic E-state index is -1.01. The molecule has 0 amide bonds. The van der Waals surface area contributed by atoms with Crippen LogP contribution in [0.3, 0.4) is 0 Å². The molecule has 1 heterocycles. The molecule has 0 aliphatic heterocycles. The monoisotopic (exact) mass is 325 g/mol. The van der Waals surface area contributed by atoms with Crippen molar-refractivity contribution in [3.05, 3.63) is 51.4 Å². The normalized spacial score (nSPS) is 14.2. The van der Waals surface area contributed by atoms with Gasteiger partial charge in [0.2, 0.25) is 0 Å². The van der Waals surface area contributed by atoms with Gasteiger partial charge in [0, 0.05) is 11.5 Å². The third-order valence-corrected chi connectivity index (χ3v) is 4.01. The van der Waals surface area contributed by atoms with E-state index in [0.29, 0.717) is 17.0 Å². The Morgan fingerprint density at radius 1 is 1.24 bits per heavy atom. The highest BCUT2D eigenvalue weighted by Gasteiger charge is 2.30. The number of carbonyl (C=O) groups is 1. The largest absolute Gasteiger partial charge is 0.478 e. The zero-order valence-electron chi connectivity index (χ0n) is 10.7. The van der Waals surface area contributed by atoms with Crippen molar-refractivity contribution in [1.82, 2.24) is 4.98 Å². The third-order valence-electron chi connectivity index (χ3n) is 3.41. The van der Waals surface area contributed by atoms with Gasteiger partial charge in [-0.3, -0.25) is 4.98 Å². The van der Waals surface area contributed by atoms with Gasteiger partial charge in [-0.05, 0) is 37.1 Å². The molecule has 1 aliphatic rings. The fraction of sp³-hybridized carbons (Fsp3) is 0.200. The quantitative estimate of drug-likeness (QED) is 0.827. The molecule has 1 saturated carbocycles. The number of aromatic nitrogens is 1.